The Balaban J connectivity index is 2.04. The van der Waals surface area contributed by atoms with E-state index in [-0.39, 0.29) is 5.91 Å². The van der Waals surface area contributed by atoms with Gasteiger partial charge in [-0.25, -0.2) is 0 Å². The van der Waals surface area contributed by atoms with Crippen molar-refractivity contribution in [1.29, 1.82) is 0 Å². The van der Waals surface area contributed by atoms with E-state index >= 15 is 0 Å². The van der Waals surface area contributed by atoms with Crippen LogP contribution in [0.5, 0.6) is 0 Å². The molecule has 1 aliphatic rings. The van der Waals surface area contributed by atoms with Crippen molar-refractivity contribution >= 4 is 5.91 Å². The number of piperazine rings is 1. The normalized spacial score (nSPS) is 15.6. The lowest BCUT2D eigenvalue weighted by Crippen LogP contribution is -2.48. The molecule has 1 heterocycles. The lowest BCUT2D eigenvalue weighted by Gasteiger charge is -2.34. The molecule has 23 heavy (non-hydrogen) atoms. The molecule has 0 saturated carbocycles. The Bertz CT molecular complexity index is 377. The van der Waals surface area contributed by atoms with Crippen molar-refractivity contribution in [1.82, 2.24) is 9.80 Å². The first-order valence-corrected chi connectivity index (χ1v) is 9.11. The molecule has 0 N–H and O–H groups in total. The topological polar surface area (TPSA) is 32.8 Å². The number of carbonyl (C=O) groups excluding carboxylic acids is 1. The van der Waals surface area contributed by atoms with E-state index in [0.29, 0.717) is 18.9 Å². The summed E-state index contributed by atoms with van der Waals surface area (Å²) in [5.74, 6) is 7.01. The Kier molecular flexibility index (Phi) is 10.8. The molecular weight excluding hydrogens is 288 g/mol. The van der Waals surface area contributed by atoms with Gasteiger partial charge in [0.05, 0.1) is 0 Å². The highest BCUT2D eigenvalue weighted by molar-refractivity contribution is 5.76. The summed E-state index contributed by atoms with van der Waals surface area (Å²) in [6, 6.07) is 0. The molecule has 0 aromatic rings. The van der Waals surface area contributed by atoms with E-state index in [2.05, 4.69) is 30.6 Å². The average molecular weight is 322 g/mol. The molecule has 0 atom stereocenters. The number of ether oxygens (including phenoxy) is 1. The highest BCUT2D eigenvalue weighted by atomic mass is 16.5. The van der Waals surface area contributed by atoms with Crippen LogP contribution < -0.4 is 0 Å². The maximum absolute atomic E-state index is 12.2. The van der Waals surface area contributed by atoms with E-state index in [1.165, 1.54) is 0 Å². The first kappa shape index (κ1) is 20.0. The zero-order valence-electron chi connectivity index (χ0n) is 15.3. The van der Waals surface area contributed by atoms with Crippen LogP contribution in [0.25, 0.3) is 0 Å². The van der Waals surface area contributed by atoms with Gasteiger partial charge in [-0.2, -0.15) is 0 Å². The summed E-state index contributed by atoms with van der Waals surface area (Å²) < 4.78 is 5.57. The highest BCUT2D eigenvalue weighted by Gasteiger charge is 2.20. The van der Waals surface area contributed by atoms with E-state index in [1.807, 2.05) is 11.8 Å². The van der Waals surface area contributed by atoms with Gasteiger partial charge in [-0.1, -0.05) is 13.8 Å². The predicted molar refractivity (Wildman–Crippen MR) is 95.2 cm³/mol. The van der Waals surface area contributed by atoms with Gasteiger partial charge in [-0.3, -0.25) is 9.69 Å². The van der Waals surface area contributed by atoms with Crippen LogP contribution in [0, 0.1) is 17.8 Å². The van der Waals surface area contributed by atoms with Crippen LogP contribution in [0.4, 0.5) is 0 Å². The van der Waals surface area contributed by atoms with E-state index in [1.54, 1.807) is 0 Å². The summed E-state index contributed by atoms with van der Waals surface area (Å²) in [6.45, 7) is 12.6. The summed E-state index contributed by atoms with van der Waals surface area (Å²) in [6.07, 6.45) is 4.66. The molecule has 0 bridgehead atoms. The van der Waals surface area contributed by atoms with Gasteiger partial charge >= 0.3 is 0 Å². The number of rotatable bonds is 10. The Hall–Kier alpha value is -1.05. The van der Waals surface area contributed by atoms with Crippen molar-refractivity contribution in [3.63, 3.8) is 0 Å². The third kappa shape index (κ3) is 9.63. The second-order valence-corrected chi connectivity index (χ2v) is 6.65. The summed E-state index contributed by atoms with van der Waals surface area (Å²) in [7, 11) is 0. The van der Waals surface area contributed by atoms with Crippen LogP contribution in [-0.4, -0.2) is 61.6 Å². The van der Waals surface area contributed by atoms with Gasteiger partial charge in [0.1, 0.15) is 0 Å². The first-order chi connectivity index (χ1) is 11.1. The fourth-order valence-electron chi connectivity index (χ4n) is 2.64. The minimum Gasteiger partial charge on any atom is -0.381 e. The Morgan fingerprint density at radius 3 is 2.52 bits per heavy atom. The van der Waals surface area contributed by atoms with Gasteiger partial charge in [0.15, 0.2) is 0 Å². The van der Waals surface area contributed by atoms with Crippen LogP contribution in [0.1, 0.15) is 52.9 Å². The standard InChI is InChI=1S/C19H34N2O2/c1-4-5-6-7-11-20-12-14-21(15-13-20)19(22)9-8-16-23-17-10-18(2)3/h18H,6-17H2,1-3H3. The lowest BCUT2D eigenvalue weighted by molar-refractivity contribution is -0.133. The van der Waals surface area contributed by atoms with Crippen LogP contribution in [-0.2, 0) is 9.53 Å². The number of unbranched alkanes of at least 4 members (excludes halogenated alkanes) is 1. The molecule has 132 valence electrons. The molecule has 0 aromatic heterocycles. The van der Waals surface area contributed by atoms with E-state index in [9.17, 15) is 4.79 Å². The number of amides is 1. The van der Waals surface area contributed by atoms with Crippen molar-refractivity contribution in [2.75, 3.05) is 45.9 Å². The minimum atomic E-state index is 0.286. The van der Waals surface area contributed by atoms with Gasteiger partial charge in [-0.05, 0) is 38.6 Å². The predicted octanol–water partition coefficient (Wildman–Crippen LogP) is 2.78. The van der Waals surface area contributed by atoms with Crippen molar-refractivity contribution in [2.45, 2.75) is 52.9 Å². The molecule has 1 amide bonds. The van der Waals surface area contributed by atoms with E-state index < -0.39 is 0 Å². The molecule has 1 rings (SSSR count). The summed E-state index contributed by atoms with van der Waals surface area (Å²) in [4.78, 5) is 16.6. The van der Waals surface area contributed by atoms with Gasteiger partial charge in [-0.15, -0.1) is 11.8 Å². The van der Waals surface area contributed by atoms with E-state index in [0.717, 1.165) is 65.0 Å². The number of hydrogen-bond donors (Lipinski definition) is 0. The second-order valence-electron chi connectivity index (χ2n) is 6.65. The van der Waals surface area contributed by atoms with Crippen molar-refractivity contribution in [3.8, 4) is 11.8 Å². The second kappa shape index (κ2) is 12.4. The molecule has 0 aromatic carbocycles. The van der Waals surface area contributed by atoms with Gasteiger partial charge in [0.25, 0.3) is 0 Å². The maximum Gasteiger partial charge on any atom is 0.222 e. The fourth-order valence-corrected chi connectivity index (χ4v) is 2.64. The van der Waals surface area contributed by atoms with Crippen LogP contribution >= 0.6 is 0 Å². The molecule has 4 heteroatoms. The van der Waals surface area contributed by atoms with Crippen molar-refractivity contribution in [3.05, 3.63) is 0 Å². The summed E-state index contributed by atoms with van der Waals surface area (Å²) in [5, 5.41) is 0. The molecule has 4 nitrogen and oxygen atoms in total. The van der Waals surface area contributed by atoms with E-state index in [4.69, 9.17) is 4.74 Å². The molecule has 0 aliphatic carbocycles. The van der Waals surface area contributed by atoms with Gasteiger partial charge < -0.3 is 9.64 Å². The summed E-state index contributed by atoms with van der Waals surface area (Å²) >= 11 is 0. The molecule has 1 fully saturated rings. The van der Waals surface area contributed by atoms with Gasteiger partial charge in [0, 0.05) is 52.2 Å². The lowest BCUT2D eigenvalue weighted by atomic mass is 10.1. The zero-order valence-corrected chi connectivity index (χ0v) is 15.3. The number of carbonyl (C=O) groups is 1. The molecule has 1 aliphatic heterocycles. The molecule has 0 spiro atoms. The monoisotopic (exact) mass is 322 g/mol. The number of nitrogens with zero attached hydrogens (tertiary/aromatic N) is 2. The van der Waals surface area contributed by atoms with Crippen molar-refractivity contribution in [2.24, 2.45) is 5.92 Å². The third-order valence-corrected chi connectivity index (χ3v) is 4.20. The van der Waals surface area contributed by atoms with Crippen LogP contribution in [0.3, 0.4) is 0 Å². The Labute approximate surface area is 142 Å². The SMILES string of the molecule is CC#CCCCN1CCN(C(=O)CCCOCCC(C)C)CC1. The summed E-state index contributed by atoms with van der Waals surface area (Å²) in [5.41, 5.74) is 0. The highest BCUT2D eigenvalue weighted by Crippen LogP contribution is 2.07. The largest absolute Gasteiger partial charge is 0.381 e. The average Bonchev–Trinajstić information content (AvgIpc) is 2.55. The van der Waals surface area contributed by atoms with Crippen LogP contribution in [0.15, 0.2) is 0 Å². The maximum atomic E-state index is 12.2. The Morgan fingerprint density at radius 2 is 1.87 bits per heavy atom. The Morgan fingerprint density at radius 1 is 1.13 bits per heavy atom. The van der Waals surface area contributed by atoms with Crippen LogP contribution in [0.2, 0.25) is 0 Å². The fraction of sp³-hybridized carbons (Fsp3) is 0.842. The zero-order chi connectivity index (χ0) is 16.9. The third-order valence-electron chi connectivity index (χ3n) is 4.20. The van der Waals surface area contributed by atoms with Gasteiger partial charge in [0.2, 0.25) is 5.91 Å². The molecule has 0 radical (unpaired) electrons. The first-order valence-electron chi connectivity index (χ1n) is 9.11. The smallest absolute Gasteiger partial charge is 0.222 e. The number of hydrogen-bond acceptors (Lipinski definition) is 3. The molecule has 1 saturated heterocycles. The molecule has 0 unspecified atom stereocenters. The van der Waals surface area contributed by atoms with Crippen molar-refractivity contribution < 1.29 is 9.53 Å². The molecular formula is C19H34N2O2. The quantitative estimate of drug-likeness (QED) is 0.458. The minimum absolute atomic E-state index is 0.286.